The number of hydrogen-bond donors (Lipinski definition) is 1. The van der Waals surface area contributed by atoms with Crippen LogP contribution < -0.4 is 5.73 Å². The molecule has 0 unspecified atom stereocenters. The molecular weight excluding hydrogens is 274 g/mol. The van der Waals surface area contributed by atoms with Crippen LogP contribution in [0, 0.1) is 5.92 Å². The van der Waals surface area contributed by atoms with Gasteiger partial charge >= 0.3 is 0 Å². The topological polar surface area (TPSA) is 43.1 Å². The van der Waals surface area contributed by atoms with Gasteiger partial charge in [0.15, 0.2) is 5.78 Å². The van der Waals surface area contributed by atoms with Crippen LogP contribution in [-0.4, -0.2) is 27.4 Å². The molecule has 1 saturated carbocycles. The van der Waals surface area contributed by atoms with Crippen LogP contribution in [0.3, 0.4) is 0 Å². The number of halogens is 1. The Labute approximate surface area is 119 Å². The second kappa shape index (κ2) is 6.69. The summed E-state index contributed by atoms with van der Waals surface area (Å²) in [5.41, 5.74) is 6.26. The molecule has 1 heterocycles. The fourth-order valence-corrected chi connectivity index (χ4v) is 5.50. The highest BCUT2D eigenvalue weighted by atomic mass is 35.5. The number of ketones is 1. The Hall–Kier alpha value is 0.620. The highest BCUT2D eigenvalue weighted by Gasteiger charge is 2.48. The summed E-state index contributed by atoms with van der Waals surface area (Å²) >= 11 is 3.61. The van der Waals surface area contributed by atoms with E-state index in [0.29, 0.717) is 11.7 Å². The van der Waals surface area contributed by atoms with Gasteiger partial charge in [0.05, 0.1) is 0 Å². The van der Waals surface area contributed by atoms with Crippen LogP contribution in [0.5, 0.6) is 0 Å². The van der Waals surface area contributed by atoms with Crippen LogP contribution in [0.15, 0.2) is 0 Å². The molecule has 0 spiro atoms. The van der Waals surface area contributed by atoms with Gasteiger partial charge in [-0.2, -0.15) is 0 Å². The van der Waals surface area contributed by atoms with Crippen molar-refractivity contribution in [3.8, 4) is 0 Å². The molecule has 2 nitrogen and oxygen atoms in total. The van der Waals surface area contributed by atoms with E-state index in [1.54, 1.807) is 23.5 Å². The summed E-state index contributed by atoms with van der Waals surface area (Å²) in [5, 5.41) is 0. The predicted molar refractivity (Wildman–Crippen MR) is 80.1 cm³/mol. The lowest BCUT2D eigenvalue weighted by Crippen LogP contribution is -2.47. The van der Waals surface area contributed by atoms with Crippen molar-refractivity contribution in [1.82, 2.24) is 0 Å². The average molecular weight is 296 g/mol. The van der Waals surface area contributed by atoms with Crippen molar-refractivity contribution in [2.75, 3.05) is 11.5 Å². The van der Waals surface area contributed by atoms with Gasteiger partial charge in [-0.1, -0.05) is 13.3 Å². The lowest BCUT2D eigenvalue weighted by atomic mass is 10.0. The van der Waals surface area contributed by atoms with Gasteiger partial charge < -0.3 is 5.73 Å². The summed E-state index contributed by atoms with van der Waals surface area (Å²) in [7, 11) is 0. The first-order valence-corrected chi connectivity index (χ1v) is 8.23. The Morgan fingerprint density at radius 3 is 2.47 bits per heavy atom. The molecule has 2 fully saturated rings. The molecular formula is C12H22ClNOS2. The summed E-state index contributed by atoms with van der Waals surface area (Å²) in [6.45, 7) is 2.14. The molecule has 0 aromatic heterocycles. The van der Waals surface area contributed by atoms with E-state index in [1.165, 1.54) is 12.8 Å². The predicted octanol–water partition coefficient (Wildman–Crippen LogP) is 3.08. The minimum atomic E-state index is -0.293. The van der Waals surface area contributed by atoms with Crippen molar-refractivity contribution in [3.05, 3.63) is 0 Å². The molecule has 17 heavy (non-hydrogen) atoms. The van der Waals surface area contributed by atoms with Gasteiger partial charge in [0.2, 0.25) is 0 Å². The number of hydrogen-bond acceptors (Lipinski definition) is 4. The van der Waals surface area contributed by atoms with E-state index < -0.39 is 0 Å². The first-order valence-electron chi connectivity index (χ1n) is 6.26. The lowest BCUT2D eigenvalue weighted by Gasteiger charge is -2.32. The molecule has 2 rings (SSSR count). The number of thioether (sulfide) groups is 2. The number of rotatable bonds is 6. The van der Waals surface area contributed by atoms with Gasteiger partial charge in [-0.25, -0.2) is 0 Å². The smallest absolute Gasteiger partial charge is 0.160 e. The van der Waals surface area contributed by atoms with Crippen LogP contribution in [0.2, 0.25) is 0 Å². The minimum Gasteiger partial charge on any atom is -0.325 e. The number of carbonyl (C=O) groups excluding carboxylic acids is 1. The van der Waals surface area contributed by atoms with E-state index in [-0.39, 0.29) is 22.5 Å². The van der Waals surface area contributed by atoms with Crippen LogP contribution >= 0.6 is 35.9 Å². The summed E-state index contributed by atoms with van der Waals surface area (Å²) in [5.74, 6) is 3.26. The van der Waals surface area contributed by atoms with E-state index in [2.05, 4.69) is 6.92 Å². The third-order valence-corrected chi connectivity index (χ3v) is 7.06. The second-order valence-corrected chi connectivity index (χ2v) is 7.77. The first kappa shape index (κ1) is 15.7. The summed E-state index contributed by atoms with van der Waals surface area (Å²) < 4.78 is -0.293. The number of Topliss-reactive ketones (excluding diaryl/α,β-unsaturated/α-hetero) is 1. The van der Waals surface area contributed by atoms with Crippen molar-refractivity contribution in [1.29, 1.82) is 0 Å². The molecule has 1 aliphatic heterocycles. The Kier molecular flexibility index (Phi) is 6.17. The highest BCUT2D eigenvalue weighted by Crippen LogP contribution is 2.49. The normalized spacial score (nSPS) is 24.1. The van der Waals surface area contributed by atoms with E-state index in [4.69, 9.17) is 5.73 Å². The standard InChI is InChI=1S/C12H21NOS2.ClH/c1-2-3-10(13)12(15-6-7-16-12)11(14)8-9-4-5-9;/h9-10H,2-8,13H2,1H3;1H/t10-;/m0./s1. The number of nitrogens with two attached hydrogens (primary N) is 1. The van der Waals surface area contributed by atoms with Gasteiger partial charge in [-0.05, 0) is 25.2 Å². The fraction of sp³-hybridized carbons (Fsp3) is 0.917. The highest BCUT2D eigenvalue weighted by molar-refractivity contribution is 8.22. The lowest BCUT2D eigenvalue weighted by molar-refractivity contribution is -0.120. The van der Waals surface area contributed by atoms with Gasteiger partial charge in [0.25, 0.3) is 0 Å². The monoisotopic (exact) mass is 295 g/mol. The maximum Gasteiger partial charge on any atom is 0.160 e. The maximum atomic E-state index is 12.4. The summed E-state index contributed by atoms with van der Waals surface area (Å²) in [6, 6.07) is 0.0428. The minimum absolute atomic E-state index is 0. The zero-order valence-electron chi connectivity index (χ0n) is 10.3. The van der Waals surface area contributed by atoms with Crippen molar-refractivity contribution in [2.45, 2.75) is 49.1 Å². The Morgan fingerprint density at radius 1 is 1.41 bits per heavy atom. The summed E-state index contributed by atoms with van der Waals surface area (Å²) in [4.78, 5) is 12.4. The summed E-state index contributed by atoms with van der Waals surface area (Å²) in [6.07, 6.45) is 5.31. The molecule has 100 valence electrons. The van der Waals surface area contributed by atoms with Crippen molar-refractivity contribution >= 4 is 41.7 Å². The SMILES string of the molecule is CCC[C@H](N)C1(C(=O)CC2CC2)SCCS1.Cl. The van der Waals surface area contributed by atoms with Crippen molar-refractivity contribution in [2.24, 2.45) is 11.7 Å². The third kappa shape index (κ3) is 3.55. The quantitative estimate of drug-likeness (QED) is 0.818. The van der Waals surface area contributed by atoms with Gasteiger partial charge in [0, 0.05) is 24.0 Å². The largest absolute Gasteiger partial charge is 0.325 e. The molecule has 0 aromatic rings. The number of carbonyl (C=O) groups is 1. The van der Waals surface area contributed by atoms with Crippen LogP contribution in [0.1, 0.15) is 39.0 Å². The van der Waals surface area contributed by atoms with Gasteiger partial charge in [0.1, 0.15) is 4.08 Å². The van der Waals surface area contributed by atoms with E-state index in [0.717, 1.165) is 30.8 Å². The zero-order valence-corrected chi connectivity index (χ0v) is 12.8. The van der Waals surface area contributed by atoms with Gasteiger partial charge in [-0.15, -0.1) is 35.9 Å². The Balaban J connectivity index is 0.00000144. The maximum absolute atomic E-state index is 12.4. The molecule has 1 aliphatic carbocycles. The fourth-order valence-electron chi connectivity index (χ4n) is 2.24. The first-order chi connectivity index (χ1) is 7.69. The van der Waals surface area contributed by atoms with E-state index in [1.807, 2.05) is 0 Å². The molecule has 5 heteroatoms. The Morgan fingerprint density at radius 2 is 2.00 bits per heavy atom. The molecule has 0 bridgehead atoms. The molecule has 1 atom stereocenters. The average Bonchev–Trinajstić information content (AvgIpc) is 2.94. The molecule has 0 aromatic carbocycles. The van der Waals surface area contributed by atoms with Gasteiger partial charge in [-0.3, -0.25) is 4.79 Å². The van der Waals surface area contributed by atoms with Crippen molar-refractivity contribution in [3.63, 3.8) is 0 Å². The molecule has 0 amide bonds. The van der Waals surface area contributed by atoms with Crippen LogP contribution in [0.25, 0.3) is 0 Å². The second-order valence-electron chi connectivity index (χ2n) is 4.83. The van der Waals surface area contributed by atoms with E-state index in [9.17, 15) is 4.79 Å². The molecule has 1 saturated heterocycles. The molecule has 0 radical (unpaired) electrons. The molecule has 2 N–H and O–H groups in total. The third-order valence-electron chi connectivity index (χ3n) is 3.36. The zero-order chi connectivity index (χ0) is 11.6. The van der Waals surface area contributed by atoms with Crippen LogP contribution in [0.4, 0.5) is 0 Å². The van der Waals surface area contributed by atoms with Crippen LogP contribution in [-0.2, 0) is 4.79 Å². The van der Waals surface area contributed by atoms with Crippen molar-refractivity contribution < 1.29 is 4.79 Å². The van der Waals surface area contributed by atoms with E-state index >= 15 is 0 Å². The Bertz CT molecular complexity index is 265. The molecule has 2 aliphatic rings.